The van der Waals surface area contributed by atoms with Gasteiger partial charge in [-0.1, -0.05) is 32.1 Å². The van der Waals surface area contributed by atoms with Gasteiger partial charge < -0.3 is 4.74 Å². The molecule has 0 spiro atoms. The second-order valence-corrected chi connectivity index (χ2v) is 5.64. The van der Waals surface area contributed by atoms with E-state index >= 15 is 0 Å². The quantitative estimate of drug-likeness (QED) is 0.695. The Kier molecular flexibility index (Phi) is 4.17. The average Bonchev–Trinajstić information content (AvgIpc) is 2.39. The first-order valence-electron chi connectivity index (χ1n) is 7.01. The van der Waals surface area contributed by atoms with E-state index in [0.717, 1.165) is 0 Å². The van der Waals surface area contributed by atoms with Gasteiger partial charge in [-0.05, 0) is 37.8 Å². The molecule has 0 unspecified atom stereocenters. The number of benzene rings is 1. The molecule has 1 aliphatic heterocycles. The molecule has 1 aromatic carbocycles. The number of alkyl halides is 2. The molecule has 1 aromatic rings. The molecular weight excluding hydrogens is 277 g/mol. The van der Waals surface area contributed by atoms with Crippen LogP contribution in [-0.2, 0) is 10.8 Å². The van der Waals surface area contributed by atoms with Gasteiger partial charge in [0.15, 0.2) is 0 Å². The Hall–Kier alpha value is -1.71. The van der Waals surface area contributed by atoms with Crippen LogP contribution in [0.15, 0.2) is 30.0 Å². The van der Waals surface area contributed by atoms with Crippen molar-refractivity contribution in [3.05, 3.63) is 52.6 Å². The molecule has 0 saturated heterocycles. The summed E-state index contributed by atoms with van der Waals surface area (Å²) in [5.74, 6) is -0.462. The molecular formula is C17H19F3O. The minimum absolute atomic E-state index is 0.118. The highest BCUT2D eigenvalue weighted by atomic mass is 19.3. The van der Waals surface area contributed by atoms with E-state index in [2.05, 4.69) is 0 Å². The van der Waals surface area contributed by atoms with Gasteiger partial charge >= 0.3 is 6.11 Å². The highest BCUT2D eigenvalue weighted by Crippen LogP contribution is 2.47. The zero-order valence-corrected chi connectivity index (χ0v) is 12.6. The SMILES string of the molecule is CC=C1C(=CCC(C)C)OC(F)(F)c2c1ccc(C)c2F. The molecule has 0 atom stereocenters. The van der Waals surface area contributed by atoms with Crippen LogP contribution in [0.3, 0.4) is 0 Å². The van der Waals surface area contributed by atoms with Crippen molar-refractivity contribution >= 4 is 5.57 Å². The second-order valence-electron chi connectivity index (χ2n) is 5.64. The fourth-order valence-electron chi connectivity index (χ4n) is 2.36. The number of rotatable bonds is 2. The molecule has 114 valence electrons. The molecule has 2 rings (SSSR count). The van der Waals surface area contributed by atoms with Crippen molar-refractivity contribution in [3.63, 3.8) is 0 Å². The van der Waals surface area contributed by atoms with Crippen LogP contribution in [-0.4, -0.2) is 0 Å². The molecule has 0 N–H and O–H groups in total. The fraction of sp³-hybridized carbons (Fsp3) is 0.412. The van der Waals surface area contributed by atoms with E-state index < -0.39 is 17.5 Å². The van der Waals surface area contributed by atoms with Gasteiger partial charge in [0.1, 0.15) is 17.1 Å². The zero-order chi connectivity index (χ0) is 15.8. The lowest BCUT2D eigenvalue weighted by atomic mass is 9.91. The normalized spacial score (nSPS) is 20.8. The maximum absolute atomic E-state index is 14.2. The van der Waals surface area contributed by atoms with Crippen LogP contribution < -0.4 is 0 Å². The lowest BCUT2D eigenvalue weighted by Gasteiger charge is -2.30. The highest BCUT2D eigenvalue weighted by Gasteiger charge is 2.45. The summed E-state index contributed by atoms with van der Waals surface area (Å²) in [6.45, 7) is 7.17. The van der Waals surface area contributed by atoms with E-state index in [0.29, 0.717) is 17.9 Å². The average molecular weight is 296 g/mol. The van der Waals surface area contributed by atoms with Crippen molar-refractivity contribution in [3.8, 4) is 0 Å². The number of halogens is 3. The lowest BCUT2D eigenvalue weighted by molar-refractivity contribution is -0.225. The number of allylic oxidation sites excluding steroid dienone is 3. The van der Waals surface area contributed by atoms with Gasteiger partial charge in [-0.2, -0.15) is 8.78 Å². The van der Waals surface area contributed by atoms with Crippen molar-refractivity contribution in [2.45, 2.75) is 40.2 Å². The van der Waals surface area contributed by atoms with Crippen molar-refractivity contribution in [2.75, 3.05) is 0 Å². The molecule has 1 heterocycles. The Balaban J connectivity index is 2.62. The van der Waals surface area contributed by atoms with Gasteiger partial charge in [0.25, 0.3) is 0 Å². The first-order valence-corrected chi connectivity index (χ1v) is 7.01. The number of hydrogen-bond donors (Lipinski definition) is 0. The summed E-state index contributed by atoms with van der Waals surface area (Å²) in [6.07, 6.45) is 0.289. The molecule has 0 aromatic heterocycles. The summed E-state index contributed by atoms with van der Waals surface area (Å²) in [5.41, 5.74) is 0.224. The summed E-state index contributed by atoms with van der Waals surface area (Å²) in [4.78, 5) is 0. The molecule has 1 aliphatic rings. The van der Waals surface area contributed by atoms with Crippen LogP contribution in [0.25, 0.3) is 5.57 Å². The van der Waals surface area contributed by atoms with E-state index in [-0.39, 0.29) is 16.9 Å². The van der Waals surface area contributed by atoms with Crippen LogP contribution >= 0.6 is 0 Å². The molecule has 0 fully saturated rings. The predicted octanol–water partition coefficient (Wildman–Crippen LogP) is 5.55. The number of aryl methyl sites for hydroxylation is 1. The van der Waals surface area contributed by atoms with E-state index in [1.54, 1.807) is 19.1 Å². The lowest BCUT2D eigenvalue weighted by Crippen LogP contribution is -2.27. The Morgan fingerprint density at radius 3 is 2.52 bits per heavy atom. The van der Waals surface area contributed by atoms with Crippen molar-refractivity contribution in [1.82, 2.24) is 0 Å². The van der Waals surface area contributed by atoms with E-state index in [1.165, 1.54) is 19.1 Å². The third-order valence-electron chi connectivity index (χ3n) is 3.48. The molecule has 0 aliphatic carbocycles. The van der Waals surface area contributed by atoms with Gasteiger partial charge in [0.2, 0.25) is 0 Å². The van der Waals surface area contributed by atoms with Gasteiger partial charge in [0, 0.05) is 11.1 Å². The first-order chi connectivity index (χ1) is 9.77. The minimum Gasteiger partial charge on any atom is -0.429 e. The molecule has 0 radical (unpaired) electrons. The third kappa shape index (κ3) is 2.85. The van der Waals surface area contributed by atoms with Crippen LogP contribution in [0.5, 0.6) is 0 Å². The second kappa shape index (κ2) is 5.58. The maximum atomic E-state index is 14.2. The summed E-state index contributed by atoms with van der Waals surface area (Å²) >= 11 is 0. The smallest absolute Gasteiger partial charge is 0.429 e. The van der Waals surface area contributed by atoms with Crippen molar-refractivity contribution in [1.29, 1.82) is 0 Å². The summed E-state index contributed by atoms with van der Waals surface area (Å²) in [5, 5.41) is 0. The number of fused-ring (bicyclic) bond motifs is 1. The van der Waals surface area contributed by atoms with E-state index in [4.69, 9.17) is 4.74 Å². The number of hydrogen-bond acceptors (Lipinski definition) is 1. The third-order valence-corrected chi connectivity index (χ3v) is 3.48. The molecule has 1 nitrogen and oxygen atoms in total. The highest BCUT2D eigenvalue weighted by molar-refractivity contribution is 5.81. The Labute approximate surface area is 123 Å². The molecule has 0 bridgehead atoms. The fourth-order valence-corrected chi connectivity index (χ4v) is 2.36. The van der Waals surface area contributed by atoms with Crippen LogP contribution in [0.1, 0.15) is 43.9 Å². The largest absolute Gasteiger partial charge is 0.430 e. The summed E-state index contributed by atoms with van der Waals surface area (Å²) in [7, 11) is 0. The van der Waals surface area contributed by atoms with Crippen LogP contribution in [0, 0.1) is 18.7 Å². The maximum Gasteiger partial charge on any atom is 0.430 e. The van der Waals surface area contributed by atoms with E-state index in [1.807, 2.05) is 13.8 Å². The van der Waals surface area contributed by atoms with Gasteiger partial charge in [-0.3, -0.25) is 0 Å². The molecule has 0 saturated carbocycles. The standard InChI is InChI=1S/C17H19F3O/c1-5-12-13-8-7-11(4)16(18)15(13)17(19,20)21-14(12)9-6-10(2)3/h5,7-10H,6H2,1-4H3. The topological polar surface area (TPSA) is 9.23 Å². The van der Waals surface area contributed by atoms with Gasteiger partial charge in [-0.25, -0.2) is 4.39 Å². The Morgan fingerprint density at radius 2 is 1.95 bits per heavy atom. The van der Waals surface area contributed by atoms with Gasteiger partial charge in [-0.15, -0.1) is 0 Å². The first kappa shape index (κ1) is 15.7. The van der Waals surface area contributed by atoms with E-state index in [9.17, 15) is 13.2 Å². The zero-order valence-electron chi connectivity index (χ0n) is 12.6. The monoisotopic (exact) mass is 296 g/mol. The predicted molar refractivity (Wildman–Crippen MR) is 77.3 cm³/mol. The Morgan fingerprint density at radius 1 is 1.29 bits per heavy atom. The Bertz CT molecular complexity index is 613. The minimum atomic E-state index is -3.65. The van der Waals surface area contributed by atoms with Crippen LogP contribution in [0.2, 0.25) is 0 Å². The van der Waals surface area contributed by atoms with Crippen molar-refractivity contribution < 1.29 is 17.9 Å². The molecule has 21 heavy (non-hydrogen) atoms. The molecule has 0 amide bonds. The molecule has 4 heteroatoms. The van der Waals surface area contributed by atoms with Gasteiger partial charge in [0.05, 0.1) is 0 Å². The summed E-state index contributed by atoms with van der Waals surface area (Å²) in [6, 6.07) is 3.04. The number of ether oxygens (including phenoxy) is 1. The van der Waals surface area contributed by atoms with Crippen LogP contribution in [0.4, 0.5) is 13.2 Å². The van der Waals surface area contributed by atoms with Crippen molar-refractivity contribution in [2.24, 2.45) is 5.92 Å². The summed E-state index contributed by atoms with van der Waals surface area (Å²) < 4.78 is 47.3.